The highest BCUT2D eigenvalue weighted by Gasteiger charge is 2.25. The average molecular weight is 269 g/mol. The first kappa shape index (κ1) is 15.7. The van der Waals surface area contributed by atoms with Crippen LogP contribution in [0.4, 0.5) is 0 Å². The smallest absolute Gasteiger partial charge is 0.246 e. The Hall–Kier alpha value is -1.40. The number of carbonyl (C=O) groups is 1. The van der Waals surface area contributed by atoms with Gasteiger partial charge in [0.1, 0.15) is 12.2 Å². The normalized spacial score (nSPS) is 15.1. The number of nitrogens with one attached hydrogen (secondary N) is 1. The third-order valence-electron chi connectivity index (χ3n) is 2.59. The molecule has 6 nitrogen and oxygen atoms in total. The first-order valence-corrected chi connectivity index (χ1v) is 6.22. The second-order valence-electron chi connectivity index (χ2n) is 5.85. The monoisotopic (exact) mass is 269 g/mol. The molecule has 0 aliphatic heterocycles. The molecule has 0 aromatic carbocycles. The van der Waals surface area contributed by atoms with Gasteiger partial charge in [-0.1, -0.05) is 0 Å². The molecule has 19 heavy (non-hydrogen) atoms. The molecule has 0 saturated carbocycles. The third-order valence-corrected chi connectivity index (χ3v) is 2.59. The van der Waals surface area contributed by atoms with Gasteiger partial charge in [0.15, 0.2) is 0 Å². The van der Waals surface area contributed by atoms with Crippen LogP contribution in [0.3, 0.4) is 0 Å². The minimum absolute atomic E-state index is 0.0212. The molecular formula is C13H23N3O3. The van der Waals surface area contributed by atoms with Crippen LogP contribution in [0.25, 0.3) is 0 Å². The van der Waals surface area contributed by atoms with Crippen LogP contribution in [0.15, 0.2) is 12.4 Å². The van der Waals surface area contributed by atoms with Gasteiger partial charge in [0.2, 0.25) is 5.91 Å². The Balaban J connectivity index is 2.45. The molecule has 108 valence electrons. The van der Waals surface area contributed by atoms with Crippen LogP contribution >= 0.6 is 0 Å². The number of aliphatic hydroxyl groups is 1. The second kappa shape index (κ2) is 5.71. The average Bonchev–Trinajstić information content (AvgIpc) is 2.70. The molecule has 0 bridgehead atoms. The molecule has 0 fully saturated rings. The third kappa shape index (κ3) is 5.40. The first-order valence-electron chi connectivity index (χ1n) is 6.22. The minimum atomic E-state index is -1.15. The van der Waals surface area contributed by atoms with Crippen molar-refractivity contribution in [2.75, 3.05) is 13.2 Å². The Kier molecular flexibility index (Phi) is 4.70. The van der Waals surface area contributed by atoms with Crippen LogP contribution < -0.4 is 5.32 Å². The molecule has 0 aliphatic carbocycles. The molecule has 0 spiro atoms. The number of aromatic nitrogens is 2. The zero-order valence-corrected chi connectivity index (χ0v) is 12.2. The van der Waals surface area contributed by atoms with Gasteiger partial charge in [-0.25, -0.2) is 0 Å². The van der Waals surface area contributed by atoms with Crippen molar-refractivity contribution in [1.82, 2.24) is 15.1 Å². The molecule has 1 aromatic heterocycles. The first-order chi connectivity index (χ1) is 8.60. The van der Waals surface area contributed by atoms with Crippen LogP contribution in [0.2, 0.25) is 0 Å². The summed E-state index contributed by atoms with van der Waals surface area (Å²) in [6.45, 7) is 7.37. The maximum atomic E-state index is 11.6. The van der Waals surface area contributed by atoms with Crippen molar-refractivity contribution in [3.8, 4) is 0 Å². The molecule has 6 heteroatoms. The maximum absolute atomic E-state index is 11.6. The Bertz CT molecular complexity index is 433. The number of aryl methyl sites for hydroxylation is 1. The van der Waals surface area contributed by atoms with Gasteiger partial charge in [0, 0.05) is 18.8 Å². The second-order valence-corrected chi connectivity index (χ2v) is 5.85. The summed E-state index contributed by atoms with van der Waals surface area (Å²) in [7, 11) is 1.77. The van der Waals surface area contributed by atoms with Crippen molar-refractivity contribution < 1.29 is 14.6 Å². The Labute approximate surface area is 113 Å². The molecule has 1 unspecified atom stereocenters. The van der Waals surface area contributed by atoms with Crippen LogP contribution in [0.5, 0.6) is 0 Å². The van der Waals surface area contributed by atoms with Crippen LogP contribution in [-0.4, -0.2) is 39.5 Å². The molecule has 0 radical (unpaired) electrons. The fourth-order valence-corrected chi connectivity index (χ4v) is 1.41. The molecule has 1 amide bonds. The number of hydrogen-bond donors (Lipinski definition) is 2. The van der Waals surface area contributed by atoms with E-state index in [2.05, 4.69) is 10.4 Å². The van der Waals surface area contributed by atoms with Crippen molar-refractivity contribution in [1.29, 1.82) is 0 Å². The highest BCUT2D eigenvalue weighted by molar-refractivity contribution is 5.77. The molecule has 1 rings (SSSR count). The molecule has 1 heterocycles. The van der Waals surface area contributed by atoms with E-state index in [0.717, 1.165) is 0 Å². The summed E-state index contributed by atoms with van der Waals surface area (Å²) in [4.78, 5) is 11.6. The topological polar surface area (TPSA) is 76.4 Å². The van der Waals surface area contributed by atoms with Gasteiger partial charge < -0.3 is 15.2 Å². The fourth-order valence-electron chi connectivity index (χ4n) is 1.41. The highest BCUT2D eigenvalue weighted by Crippen LogP contribution is 2.18. The molecular weight excluding hydrogens is 246 g/mol. The lowest BCUT2D eigenvalue weighted by Crippen LogP contribution is -2.41. The number of amides is 1. The van der Waals surface area contributed by atoms with Gasteiger partial charge in [-0.3, -0.25) is 9.48 Å². The van der Waals surface area contributed by atoms with Gasteiger partial charge in [-0.2, -0.15) is 5.10 Å². The number of carbonyl (C=O) groups excluding carboxylic acids is 1. The predicted octanol–water partition coefficient (Wildman–Crippen LogP) is 0.559. The summed E-state index contributed by atoms with van der Waals surface area (Å²) in [6.07, 6.45) is 3.30. The summed E-state index contributed by atoms with van der Waals surface area (Å²) >= 11 is 0. The molecule has 2 N–H and O–H groups in total. The van der Waals surface area contributed by atoms with Gasteiger partial charge in [-0.05, 0) is 27.7 Å². The number of nitrogens with zero attached hydrogens (tertiary/aromatic N) is 2. The van der Waals surface area contributed by atoms with Gasteiger partial charge in [0.05, 0.1) is 18.3 Å². The largest absolute Gasteiger partial charge is 0.383 e. The Morgan fingerprint density at radius 1 is 1.47 bits per heavy atom. The zero-order valence-electron chi connectivity index (χ0n) is 12.2. The summed E-state index contributed by atoms with van der Waals surface area (Å²) in [6, 6.07) is 0. The van der Waals surface area contributed by atoms with Crippen molar-refractivity contribution in [3.63, 3.8) is 0 Å². The maximum Gasteiger partial charge on any atom is 0.246 e. The highest BCUT2D eigenvalue weighted by atomic mass is 16.5. The van der Waals surface area contributed by atoms with Gasteiger partial charge in [-0.15, -0.1) is 0 Å². The van der Waals surface area contributed by atoms with Crippen LogP contribution in [-0.2, 0) is 22.2 Å². The lowest BCUT2D eigenvalue weighted by Gasteiger charge is -2.23. The van der Waals surface area contributed by atoms with Crippen molar-refractivity contribution in [2.24, 2.45) is 7.05 Å². The molecule has 0 saturated heterocycles. The van der Waals surface area contributed by atoms with E-state index < -0.39 is 5.60 Å². The quantitative estimate of drug-likeness (QED) is 0.819. The SMILES string of the molecule is Cn1cc(C(C)(O)CNC(=O)COC(C)(C)C)cn1. The Morgan fingerprint density at radius 3 is 2.58 bits per heavy atom. The van der Waals surface area contributed by atoms with E-state index in [4.69, 9.17) is 4.74 Å². The molecule has 1 aromatic rings. The summed E-state index contributed by atoms with van der Waals surface area (Å²) < 4.78 is 6.96. The van der Waals surface area contributed by atoms with E-state index in [1.807, 2.05) is 20.8 Å². The molecule has 1 atom stereocenters. The standard InChI is InChI=1S/C13H23N3O3/c1-12(2,3)19-8-11(17)14-9-13(4,18)10-6-15-16(5)7-10/h6-7,18H,8-9H2,1-5H3,(H,14,17). The van der Waals surface area contributed by atoms with E-state index in [-0.39, 0.29) is 24.7 Å². The molecule has 0 aliphatic rings. The summed E-state index contributed by atoms with van der Waals surface area (Å²) in [5.41, 5.74) is -0.846. The number of rotatable bonds is 5. The zero-order chi connectivity index (χ0) is 14.7. The number of ether oxygens (including phenoxy) is 1. The Morgan fingerprint density at radius 2 is 2.11 bits per heavy atom. The lowest BCUT2D eigenvalue weighted by molar-refractivity contribution is -0.131. The van der Waals surface area contributed by atoms with Crippen molar-refractivity contribution in [3.05, 3.63) is 18.0 Å². The van der Waals surface area contributed by atoms with E-state index in [1.165, 1.54) is 0 Å². The lowest BCUT2D eigenvalue weighted by atomic mass is 10.00. The van der Waals surface area contributed by atoms with Gasteiger partial charge >= 0.3 is 0 Å². The minimum Gasteiger partial charge on any atom is -0.383 e. The van der Waals surface area contributed by atoms with E-state index in [0.29, 0.717) is 5.56 Å². The number of hydrogen-bond acceptors (Lipinski definition) is 4. The van der Waals surface area contributed by atoms with Crippen LogP contribution in [0, 0.1) is 0 Å². The van der Waals surface area contributed by atoms with Crippen molar-refractivity contribution >= 4 is 5.91 Å². The summed E-state index contributed by atoms with van der Waals surface area (Å²) in [5, 5.41) is 16.9. The van der Waals surface area contributed by atoms with E-state index in [1.54, 1.807) is 31.0 Å². The van der Waals surface area contributed by atoms with E-state index >= 15 is 0 Å². The van der Waals surface area contributed by atoms with Gasteiger partial charge in [0.25, 0.3) is 0 Å². The fraction of sp³-hybridized carbons (Fsp3) is 0.692. The van der Waals surface area contributed by atoms with Crippen LogP contribution in [0.1, 0.15) is 33.3 Å². The predicted molar refractivity (Wildman–Crippen MR) is 71.5 cm³/mol. The summed E-state index contributed by atoms with van der Waals surface area (Å²) in [5.74, 6) is -0.251. The van der Waals surface area contributed by atoms with E-state index in [9.17, 15) is 9.90 Å². The van der Waals surface area contributed by atoms with Crippen molar-refractivity contribution in [2.45, 2.75) is 38.9 Å².